The lowest BCUT2D eigenvalue weighted by Gasteiger charge is -2.21. The highest BCUT2D eigenvalue weighted by molar-refractivity contribution is 7.62. The highest BCUT2D eigenvalue weighted by Gasteiger charge is 2.32. The van der Waals surface area contributed by atoms with Crippen molar-refractivity contribution in [1.82, 2.24) is 9.97 Å². The van der Waals surface area contributed by atoms with Gasteiger partial charge in [0, 0.05) is 17.1 Å². The van der Waals surface area contributed by atoms with Gasteiger partial charge in [-0.3, -0.25) is 4.57 Å². The number of halogens is 2. The maximum atomic E-state index is 13.7. The maximum Gasteiger partial charge on any atom is 0.365 e. The van der Waals surface area contributed by atoms with E-state index in [4.69, 9.17) is 25.4 Å². The van der Waals surface area contributed by atoms with Gasteiger partial charge < -0.3 is 19.1 Å². The monoisotopic (exact) mass is 467 g/mol. The number of nitrogens with one attached hydrogen (secondary N) is 1. The Morgan fingerprint density at radius 2 is 1.81 bits per heavy atom. The summed E-state index contributed by atoms with van der Waals surface area (Å²) in [5, 5.41) is 3.95. The highest BCUT2D eigenvalue weighted by atomic mass is 35.5. The van der Waals surface area contributed by atoms with Gasteiger partial charge in [-0.2, -0.15) is 0 Å². The number of nitrogens with zero attached hydrogens (tertiary/aromatic N) is 2. The van der Waals surface area contributed by atoms with Crippen molar-refractivity contribution in [2.75, 3.05) is 25.6 Å². The Labute approximate surface area is 185 Å². The number of fused-ring (bicyclic) bond motifs is 1. The molecule has 0 bridgehead atoms. The van der Waals surface area contributed by atoms with Gasteiger partial charge in [-0.1, -0.05) is 25.4 Å². The normalized spacial score (nSPS) is 11.6. The topological polar surface area (TPSA) is 82.6 Å². The van der Waals surface area contributed by atoms with Crippen molar-refractivity contribution < 1.29 is 22.7 Å². The number of ether oxygens (including phenoxy) is 1. The number of anilines is 2. The quantitative estimate of drug-likeness (QED) is 0.375. The van der Waals surface area contributed by atoms with E-state index in [0.717, 1.165) is 0 Å². The molecule has 3 rings (SSSR count). The second kappa shape index (κ2) is 10.4. The van der Waals surface area contributed by atoms with Crippen molar-refractivity contribution in [3.63, 3.8) is 0 Å². The summed E-state index contributed by atoms with van der Waals surface area (Å²) in [6.45, 7) is 4.39. The molecule has 10 heteroatoms. The largest absolute Gasteiger partial charge is 0.496 e. The van der Waals surface area contributed by atoms with Gasteiger partial charge in [-0.05, 0) is 37.1 Å². The summed E-state index contributed by atoms with van der Waals surface area (Å²) in [6.07, 6.45) is 2.74. The number of methoxy groups -OCH3 is 1. The van der Waals surface area contributed by atoms with Gasteiger partial charge in [-0.15, -0.1) is 0 Å². The van der Waals surface area contributed by atoms with Crippen molar-refractivity contribution in [3.05, 3.63) is 47.5 Å². The van der Waals surface area contributed by atoms with Crippen LogP contribution < -0.4 is 15.4 Å². The predicted molar refractivity (Wildman–Crippen MR) is 121 cm³/mol. The van der Waals surface area contributed by atoms with Crippen LogP contribution in [0.2, 0.25) is 5.02 Å². The van der Waals surface area contributed by atoms with E-state index in [1.165, 1.54) is 25.6 Å². The van der Waals surface area contributed by atoms with Crippen LogP contribution in [0.25, 0.3) is 10.9 Å². The van der Waals surface area contributed by atoms with Gasteiger partial charge in [0.15, 0.2) is 0 Å². The van der Waals surface area contributed by atoms with Crippen molar-refractivity contribution >= 4 is 46.9 Å². The summed E-state index contributed by atoms with van der Waals surface area (Å²) in [5.74, 6) is 0.250. The first-order chi connectivity index (χ1) is 14.9. The van der Waals surface area contributed by atoms with Gasteiger partial charge in [0.25, 0.3) is 0 Å². The molecule has 0 aliphatic carbocycles. The fourth-order valence-corrected chi connectivity index (χ4v) is 4.95. The van der Waals surface area contributed by atoms with Crippen LogP contribution in [0, 0.1) is 5.82 Å². The van der Waals surface area contributed by atoms with Crippen LogP contribution >= 0.6 is 19.2 Å². The molecular weight excluding hydrogens is 444 g/mol. The van der Waals surface area contributed by atoms with E-state index in [9.17, 15) is 8.96 Å². The fourth-order valence-electron chi connectivity index (χ4n) is 2.86. The third-order valence-electron chi connectivity index (χ3n) is 4.34. The molecule has 0 aliphatic rings. The predicted octanol–water partition coefficient (Wildman–Crippen LogP) is 5.85. The molecule has 0 amide bonds. The minimum absolute atomic E-state index is 0.0175. The van der Waals surface area contributed by atoms with Crippen molar-refractivity contribution in [1.29, 1.82) is 0 Å². The Morgan fingerprint density at radius 3 is 2.42 bits per heavy atom. The molecule has 2 aromatic carbocycles. The van der Waals surface area contributed by atoms with E-state index in [0.29, 0.717) is 46.3 Å². The Kier molecular flexibility index (Phi) is 7.84. The first kappa shape index (κ1) is 23.4. The van der Waals surface area contributed by atoms with Gasteiger partial charge in [-0.25, -0.2) is 14.4 Å². The van der Waals surface area contributed by atoms with Crippen LogP contribution in [0.1, 0.15) is 26.7 Å². The second-order valence-electron chi connectivity index (χ2n) is 6.68. The molecule has 0 radical (unpaired) electrons. The average Bonchev–Trinajstić information content (AvgIpc) is 2.78. The molecule has 0 fully saturated rings. The van der Waals surface area contributed by atoms with Crippen LogP contribution in [0.5, 0.6) is 5.75 Å². The zero-order chi connectivity index (χ0) is 22.4. The van der Waals surface area contributed by atoms with Gasteiger partial charge in [0.05, 0.1) is 30.9 Å². The minimum Gasteiger partial charge on any atom is -0.496 e. The third-order valence-corrected chi connectivity index (χ3v) is 6.62. The van der Waals surface area contributed by atoms with Gasteiger partial charge in [0.2, 0.25) is 0 Å². The van der Waals surface area contributed by atoms with Crippen molar-refractivity contribution in [2.45, 2.75) is 26.7 Å². The van der Waals surface area contributed by atoms with Gasteiger partial charge in [0.1, 0.15) is 29.0 Å². The first-order valence-electron chi connectivity index (χ1n) is 9.86. The summed E-state index contributed by atoms with van der Waals surface area (Å²) in [5.41, 5.74) is 1.10. The molecule has 3 aromatic rings. The molecule has 1 N–H and O–H groups in total. The van der Waals surface area contributed by atoms with E-state index < -0.39 is 13.4 Å². The molecule has 0 atom stereocenters. The van der Waals surface area contributed by atoms with Crippen LogP contribution in [0.15, 0.2) is 36.7 Å². The van der Waals surface area contributed by atoms with E-state index in [-0.39, 0.29) is 18.2 Å². The first-order valence-corrected chi connectivity index (χ1v) is 11.8. The Hall–Kier alpha value is -2.25. The van der Waals surface area contributed by atoms with E-state index in [1.807, 2.05) is 13.8 Å². The molecule has 0 saturated carbocycles. The standard InChI is InChI=1S/C21H24ClFN3O4P/c1-4-8-29-31(27,30-9-5-2)20-11-15-18(12-19(20)28-3)24-13-25-21(15)26-14-6-7-17(23)16(22)10-14/h6-7,10-13H,4-5,8-9H2,1-3H3,(H,24,25,26). The molecule has 1 heterocycles. The average molecular weight is 468 g/mol. The smallest absolute Gasteiger partial charge is 0.365 e. The summed E-state index contributed by atoms with van der Waals surface area (Å²) in [6, 6.07) is 7.56. The van der Waals surface area contributed by atoms with Crippen molar-refractivity contribution in [2.24, 2.45) is 0 Å². The molecule has 0 spiro atoms. The zero-order valence-electron chi connectivity index (χ0n) is 17.5. The number of rotatable bonds is 10. The Bertz CT molecular complexity index is 1100. The molecule has 166 valence electrons. The number of aromatic nitrogens is 2. The molecular formula is C21H24ClFN3O4P. The fraction of sp³-hybridized carbons (Fsp3) is 0.333. The van der Waals surface area contributed by atoms with Crippen LogP contribution in [-0.2, 0) is 13.6 Å². The van der Waals surface area contributed by atoms with Crippen LogP contribution in [-0.4, -0.2) is 30.3 Å². The summed E-state index contributed by atoms with van der Waals surface area (Å²) < 4.78 is 44.0. The summed E-state index contributed by atoms with van der Waals surface area (Å²) >= 11 is 5.89. The maximum absolute atomic E-state index is 13.7. The number of hydrogen-bond donors (Lipinski definition) is 1. The van der Waals surface area contributed by atoms with E-state index >= 15 is 0 Å². The number of benzene rings is 2. The number of hydrogen-bond acceptors (Lipinski definition) is 7. The summed E-state index contributed by atoms with van der Waals surface area (Å²) in [4.78, 5) is 8.57. The second-order valence-corrected chi connectivity index (χ2v) is 9.08. The lowest BCUT2D eigenvalue weighted by Crippen LogP contribution is -2.15. The zero-order valence-corrected chi connectivity index (χ0v) is 19.2. The summed E-state index contributed by atoms with van der Waals surface area (Å²) in [7, 11) is -2.18. The molecule has 1 aromatic heterocycles. The SMILES string of the molecule is CCCOP(=O)(OCCC)c1cc2c(Nc3ccc(F)c(Cl)c3)ncnc2cc1OC. The minimum atomic E-state index is -3.66. The van der Waals surface area contributed by atoms with Crippen molar-refractivity contribution in [3.8, 4) is 5.75 Å². The van der Waals surface area contributed by atoms with Gasteiger partial charge >= 0.3 is 7.60 Å². The molecule has 31 heavy (non-hydrogen) atoms. The highest BCUT2D eigenvalue weighted by Crippen LogP contribution is 2.50. The Morgan fingerprint density at radius 1 is 1.10 bits per heavy atom. The van der Waals surface area contributed by atoms with E-state index in [1.54, 1.807) is 18.2 Å². The lowest BCUT2D eigenvalue weighted by molar-refractivity contribution is 0.213. The molecule has 0 saturated heterocycles. The van der Waals surface area contributed by atoms with Crippen LogP contribution in [0.3, 0.4) is 0 Å². The molecule has 7 nitrogen and oxygen atoms in total. The molecule has 0 aliphatic heterocycles. The lowest BCUT2D eigenvalue weighted by atomic mass is 10.2. The molecule has 0 unspecified atom stereocenters. The van der Waals surface area contributed by atoms with E-state index in [2.05, 4.69) is 15.3 Å². The Balaban J connectivity index is 2.12. The van der Waals surface area contributed by atoms with Crippen LogP contribution in [0.4, 0.5) is 15.9 Å². The third kappa shape index (κ3) is 5.33.